The zero-order valence-electron chi connectivity index (χ0n) is 10.0. The lowest BCUT2D eigenvalue weighted by Crippen LogP contribution is -2.46. The van der Waals surface area contributed by atoms with E-state index in [2.05, 4.69) is 31.8 Å². The van der Waals surface area contributed by atoms with Gasteiger partial charge in [0.1, 0.15) is 0 Å². The van der Waals surface area contributed by atoms with Gasteiger partial charge in [0.2, 0.25) is 5.91 Å². The van der Waals surface area contributed by atoms with E-state index in [-0.39, 0.29) is 23.8 Å². The molecular formula is C11H22N2O2S. The van der Waals surface area contributed by atoms with Gasteiger partial charge >= 0.3 is 0 Å². The molecule has 0 saturated carbocycles. The number of aliphatic hydroxyl groups excluding tert-OH is 1. The molecule has 4 nitrogen and oxygen atoms in total. The number of nitrogens with one attached hydrogen (secondary N) is 1. The van der Waals surface area contributed by atoms with Crippen molar-refractivity contribution in [1.29, 1.82) is 0 Å². The standard InChI is InChI=1S/C11H22N2O2S/c1-8(2)7-13(3-4-14)11(15)10-5-9(16)6-12-10/h8-10,12,14,16H,3-7H2,1-2H3. The predicted octanol–water partition coefficient (Wildman–Crippen LogP) is 0.124. The minimum atomic E-state index is -0.118. The highest BCUT2D eigenvalue weighted by Crippen LogP contribution is 2.14. The first kappa shape index (κ1) is 13.8. The summed E-state index contributed by atoms with van der Waals surface area (Å²) in [6, 6.07) is -0.118. The van der Waals surface area contributed by atoms with Gasteiger partial charge in [-0.05, 0) is 12.3 Å². The van der Waals surface area contributed by atoms with Crippen LogP contribution in [-0.2, 0) is 4.79 Å². The van der Waals surface area contributed by atoms with Crippen molar-refractivity contribution in [3.8, 4) is 0 Å². The van der Waals surface area contributed by atoms with Gasteiger partial charge in [0.05, 0.1) is 12.6 Å². The van der Waals surface area contributed by atoms with Gasteiger partial charge < -0.3 is 15.3 Å². The van der Waals surface area contributed by atoms with Gasteiger partial charge in [0.25, 0.3) is 0 Å². The monoisotopic (exact) mass is 246 g/mol. The number of carbonyl (C=O) groups excluding carboxylic acids is 1. The van der Waals surface area contributed by atoms with Crippen LogP contribution in [0.3, 0.4) is 0 Å². The van der Waals surface area contributed by atoms with E-state index in [1.54, 1.807) is 4.90 Å². The lowest BCUT2D eigenvalue weighted by molar-refractivity contribution is -0.134. The molecule has 1 rings (SSSR count). The zero-order valence-corrected chi connectivity index (χ0v) is 10.9. The number of amides is 1. The molecule has 1 amide bonds. The normalized spacial score (nSPS) is 25.1. The average Bonchev–Trinajstić information content (AvgIpc) is 2.62. The Balaban J connectivity index is 2.52. The average molecular weight is 246 g/mol. The van der Waals surface area contributed by atoms with Gasteiger partial charge in [-0.25, -0.2) is 0 Å². The summed E-state index contributed by atoms with van der Waals surface area (Å²) in [6.07, 6.45) is 0.780. The molecule has 0 spiro atoms. The summed E-state index contributed by atoms with van der Waals surface area (Å²) in [5.41, 5.74) is 0. The second-order valence-corrected chi connectivity index (χ2v) is 5.48. The smallest absolute Gasteiger partial charge is 0.239 e. The Morgan fingerprint density at radius 3 is 2.75 bits per heavy atom. The van der Waals surface area contributed by atoms with Crippen LogP contribution in [0.25, 0.3) is 0 Å². The van der Waals surface area contributed by atoms with Crippen molar-refractivity contribution in [1.82, 2.24) is 10.2 Å². The van der Waals surface area contributed by atoms with Crippen molar-refractivity contribution in [3.63, 3.8) is 0 Å². The van der Waals surface area contributed by atoms with Gasteiger partial charge in [0, 0.05) is 24.9 Å². The molecule has 0 aromatic heterocycles. The maximum absolute atomic E-state index is 12.1. The predicted molar refractivity (Wildman–Crippen MR) is 67.7 cm³/mol. The molecule has 5 heteroatoms. The van der Waals surface area contributed by atoms with E-state index in [9.17, 15) is 4.79 Å². The third-order valence-corrected chi connectivity index (χ3v) is 3.07. The van der Waals surface area contributed by atoms with Gasteiger partial charge in [-0.3, -0.25) is 4.79 Å². The summed E-state index contributed by atoms with van der Waals surface area (Å²) < 4.78 is 0. The third-order valence-electron chi connectivity index (χ3n) is 2.67. The summed E-state index contributed by atoms with van der Waals surface area (Å²) in [5.74, 6) is 0.517. The number of hydrogen-bond donors (Lipinski definition) is 3. The van der Waals surface area contributed by atoms with Crippen molar-refractivity contribution >= 4 is 18.5 Å². The Hall–Kier alpha value is -0.260. The highest BCUT2D eigenvalue weighted by molar-refractivity contribution is 7.81. The molecule has 1 aliphatic rings. The summed E-state index contributed by atoms with van der Waals surface area (Å²) >= 11 is 4.35. The van der Waals surface area contributed by atoms with Crippen molar-refractivity contribution in [2.45, 2.75) is 31.6 Å². The SMILES string of the molecule is CC(C)CN(CCO)C(=O)C1CC(S)CN1. The van der Waals surface area contributed by atoms with Gasteiger partial charge in [0.15, 0.2) is 0 Å². The highest BCUT2D eigenvalue weighted by Gasteiger charge is 2.30. The quantitative estimate of drug-likeness (QED) is 0.604. The molecule has 2 atom stereocenters. The largest absolute Gasteiger partial charge is 0.395 e. The first-order chi connectivity index (χ1) is 7.54. The van der Waals surface area contributed by atoms with Crippen molar-refractivity contribution < 1.29 is 9.90 Å². The lowest BCUT2D eigenvalue weighted by Gasteiger charge is -2.26. The molecule has 16 heavy (non-hydrogen) atoms. The summed E-state index contributed by atoms with van der Waals surface area (Å²) in [5, 5.41) is 12.4. The van der Waals surface area contributed by atoms with Crippen molar-refractivity contribution in [2.24, 2.45) is 5.92 Å². The van der Waals surface area contributed by atoms with Crippen LogP contribution in [0.1, 0.15) is 20.3 Å². The molecule has 1 saturated heterocycles. The topological polar surface area (TPSA) is 52.6 Å². The highest BCUT2D eigenvalue weighted by atomic mass is 32.1. The minimum absolute atomic E-state index is 0.0233. The van der Waals surface area contributed by atoms with Crippen molar-refractivity contribution in [2.75, 3.05) is 26.2 Å². The second-order valence-electron chi connectivity index (χ2n) is 4.75. The maximum Gasteiger partial charge on any atom is 0.239 e. The molecule has 2 N–H and O–H groups in total. The van der Waals surface area contributed by atoms with Crippen LogP contribution in [-0.4, -0.2) is 53.4 Å². The van der Waals surface area contributed by atoms with Crippen LogP contribution in [0.15, 0.2) is 0 Å². The molecule has 94 valence electrons. The van der Waals surface area contributed by atoms with E-state index >= 15 is 0 Å². The fourth-order valence-electron chi connectivity index (χ4n) is 1.98. The lowest BCUT2D eigenvalue weighted by atomic mass is 10.1. The fourth-order valence-corrected chi connectivity index (χ4v) is 2.29. The van der Waals surface area contributed by atoms with E-state index < -0.39 is 0 Å². The zero-order chi connectivity index (χ0) is 12.1. The first-order valence-electron chi connectivity index (χ1n) is 5.85. The van der Waals surface area contributed by atoms with E-state index in [1.807, 2.05) is 0 Å². The molecule has 1 aliphatic heterocycles. The molecule has 0 aromatic rings. The van der Waals surface area contributed by atoms with E-state index in [1.165, 1.54) is 0 Å². The van der Waals surface area contributed by atoms with Crippen molar-refractivity contribution in [3.05, 3.63) is 0 Å². The molecule has 0 aromatic carbocycles. The van der Waals surface area contributed by atoms with Crippen LogP contribution in [0.4, 0.5) is 0 Å². The Morgan fingerprint density at radius 2 is 2.31 bits per heavy atom. The number of aliphatic hydroxyl groups is 1. The fraction of sp³-hybridized carbons (Fsp3) is 0.909. The van der Waals surface area contributed by atoms with Crippen LogP contribution < -0.4 is 5.32 Å². The Bertz CT molecular complexity index is 236. The van der Waals surface area contributed by atoms with Crippen LogP contribution in [0.5, 0.6) is 0 Å². The third kappa shape index (κ3) is 3.96. The number of carbonyl (C=O) groups is 1. The van der Waals surface area contributed by atoms with Gasteiger partial charge in [-0.2, -0.15) is 12.6 Å². The Kier molecular flexibility index (Phi) is 5.58. The van der Waals surface area contributed by atoms with Gasteiger partial charge in [-0.1, -0.05) is 13.8 Å². The van der Waals surface area contributed by atoms with Gasteiger partial charge in [-0.15, -0.1) is 0 Å². The number of rotatable bonds is 5. The summed E-state index contributed by atoms with van der Waals surface area (Å²) in [7, 11) is 0. The first-order valence-corrected chi connectivity index (χ1v) is 6.37. The molecule has 0 radical (unpaired) electrons. The molecule has 0 aliphatic carbocycles. The van der Waals surface area contributed by atoms with Crippen LogP contribution in [0, 0.1) is 5.92 Å². The summed E-state index contributed by atoms with van der Waals surface area (Å²) in [6.45, 7) is 6.08. The minimum Gasteiger partial charge on any atom is -0.395 e. The Labute approximate surface area is 103 Å². The number of nitrogens with zero attached hydrogens (tertiary/aromatic N) is 1. The Morgan fingerprint density at radius 1 is 1.62 bits per heavy atom. The van der Waals surface area contributed by atoms with E-state index in [0.29, 0.717) is 19.0 Å². The van der Waals surface area contributed by atoms with E-state index in [0.717, 1.165) is 13.0 Å². The number of hydrogen-bond acceptors (Lipinski definition) is 4. The molecular weight excluding hydrogens is 224 g/mol. The van der Waals surface area contributed by atoms with E-state index in [4.69, 9.17) is 5.11 Å². The molecule has 1 heterocycles. The van der Waals surface area contributed by atoms with Crippen LogP contribution >= 0.6 is 12.6 Å². The summed E-state index contributed by atoms with van der Waals surface area (Å²) in [4.78, 5) is 13.9. The maximum atomic E-state index is 12.1. The molecule has 0 bridgehead atoms. The molecule has 2 unspecified atom stereocenters. The second kappa shape index (κ2) is 6.47. The van der Waals surface area contributed by atoms with Crippen LogP contribution in [0.2, 0.25) is 0 Å². The number of thiol groups is 1. The molecule has 1 fully saturated rings.